The first-order valence-corrected chi connectivity index (χ1v) is 6.92. The van der Waals surface area contributed by atoms with Gasteiger partial charge in [0.05, 0.1) is 6.10 Å². The Kier molecular flexibility index (Phi) is 4.29. The first kappa shape index (κ1) is 14.8. The molecule has 1 aliphatic heterocycles. The van der Waals surface area contributed by atoms with E-state index in [-0.39, 0.29) is 13.0 Å². The van der Waals surface area contributed by atoms with Gasteiger partial charge in [0.2, 0.25) is 0 Å². The summed E-state index contributed by atoms with van der Waals surface area (Å²) >= 11 is 3.33. The van der Waals surface area contributed by atoms with Gasteiger partial charge in [0.1, 0.15) is 6.04 Å². The lowest BCUT2D eigenvalue weighted by Crippen LogP contribution is -2.43. The minimum Gasteiger partial charge on any atom is -0.480 e. The van der Waals surface area contributed by atoms with E-state index in [1.54, 1.807) is 12.1 Å². The normalized spacial score (nSPS) is 21.9. The molecule has 3 N–H and O–H groups in total. The molecular formula is C13H15BrN2O4. The molecule has 1 aliphatic rings. The summed E-state index contributed by atoms with van der Waals surface area (Å²) in [6.07, 6.45) is -0.741. The molecule has 108 valence electrons. The Balaban J connectivity index is 2.13. The van der Waals surface area contributed by atoms with E-state index < -0.39 is 24.1 Å². The van der Waals surface area contributed by atoms with Gasteiger partial charge in [-0.15, -0.1) is 0 Å². The number of aliphatic hydroxyl groups excluding tert-OH is 1. The molecule has 0 bridgehead atoms. The minimum atomic E-state index is -1.11. The number of anilines is 1. The third kappa shape index (κ3) is 3.10. The summed E-state index contributed by atoms with van der Waals surface area (Å²) in [5.41, 5.74) is 1.48. The Bertz CT molecular complexity index is 549. The highest BCUT2D eigenvalue weighted by molar-refractivity contribution is 9.10. The van der Waals surface area contributed by atoms with Crippen molar-refractivity contribution in [1.29, 1.82) is 0 Å². The maximum absolute atomic E-state index is 12.1. The van der Waals surface area contributed by atoms with Gasteiger partial charge in [-0.05, 0) is 30.7 Å². The number of aliphatic hydroxyl groups is 1. The van der Waals surface area contributed by atoms with Gasteiger partial charge in [0.25, 0.3) is 0 Å². The number of carboxylic acids is 1. The summed E-state index contributed by atoms with van der Waals surface area (Å²) in [6.45, 7) is 1.87. The number of carbonyl (C=O) groups excluding carboxylic acids is 1. The van der Waals surface area contributed by atoms with Crippen molar-refractivity contribution in [2.24, 2.45) is 0 Å². The van der Waals surface area contributed by atoms with E-state index >= 15 is 0 Å². The average molecular weight is 343 g/mol. The van der Waals surface area contributed by atoms with Gasteiger partial charge in [-0.2, -0.15) is 0 Å². The van der Waals surface area contributed by atoms with Gasteiger partial charge in [-0.3, -0.25) is 0 Å². The van der Waals surface area contributed by atoms with Crippen LogP contribution in [-0.4, -0.2) is 45.8 Å². The summed E-state index contributed by atoms with van der Waals surface area (Å²) in [4.78, 5) is 24.4. The number of hydrogen-bond acceptors (Lipinski definition) is 3. The topological polar surface area (TPSA) is 89.9 Å². The van der Waals surface area contributed by atoms with Crippen molar-refractivity contribution in [3.8, 4) is 0 Å². The van der Waals surface area contributed by atoms with Crippen molar-refractivity contribution in [2.45, 2.75) is 25.5 Å². The number of likely N-dealkylation sites (tertiary alicyclic amines) is 1. The summed E-state index contributed by atoms with van der Waals surface area (Å²) < 4.78 is 0.896. The number of aryl methyl sites for hydroxylation is 1. The van der Waals surface area contributed by atoms with Crippen LogP contribution >= 0.6 is 15.9 Å². The molecule has 0 spiro atoms. The van der Waals surface area contributed by atoms with Crippen LogP contribution in [0.3, 0.4) is 0 Å². The predicted molar refractivity (Wildman–Crippen MR) is 76.7 cm³/mol. The van der Waals surface area contributed by atoms with Gasteiger partial charge in [-0.25, -0.2) is 9.59 Å². The second-order valence-corrected chi connectivity index (χ2v) is 5.70. The number of rotatable bonds is 2. The molecule has 1 aromatic carbocycles. The van der Waals surface area contributed by atoms with Crippen molar-refractivity contribution >= 4 is 33.6 Å². The number of carboxylic acid groups (broad SMARTS) is 1. The number of benzene rings is 1. The first-order chi connectivity index (χ1) is 9.38. The third-order valence-electron chi connectivity index (χ3n) is 3.25. The van der Waals surface area contributed by atoms with E-state index in [0.29, 0.717) is 5.69 Å². The molecule has 0 saturated carbocycles. The molecule has 0 unspecified atom stereocenters. The SMILES string of the molecule is Cc1cc(Br)ccc1NC(=O)N1C[C@@H](O)C[C@H]1C(=O)O. The van der Waals surface area contributed by atoms with E-state index in [4.69, 9.17) is 5.11 Å². The van der Waals surface area contributed by atoms with E-state index in [2.05, 4.69) is 21.2 Å². The molecule has 6 nitrogen and oxygen atoms in total. The zero-order valence-corrected chi connectivity index (χ0v) is 12.4. The van der Waals surface area contributed by atoms with Gasteiger partial charge in [0, 0.05) is 23.1 Å². The highest BCUT2D eigenvalue weighted by Crippen LogP contribution is 2.23. The Morgan fingerprint density at radius 2 is 2.15 bits per heavy atom. The molecule has 0 aromatic heterocycles. The molecule has 1 fully saturated rings. The standard InChI is InChI=1S/C13H15BrN2O4/c1-7-4-8(14)2-3-10(7)15-13(20)16-6-9(17)5-11(16)12(18)19/h2-4,9,11,17H,5-6H2,1H3,(H,15,20)(H,18,19)/t9-,11-/m0/s1. The van der Waals surface area contributed by atoms with Crippen molar-refractivity contribution < 1.29 is 19.8 Å². The number of amides is 2. The van der Waals surface area contributed by atoms with Crippen LogP contribution in [0.15, 0.2) is 22.7 Å². The van der Waals surface area contributed by atoms with Gasteiger partial charge in [0.15, 0.2) is 0 Å². The largest absolute Gasteiger partial charge is 0.480 e. The second kappa shape index (κ2) is 5.80. The minimum absolute atomic E-state index is 0.0262. The molecule has 20 heavy (non-hydrogen) atoms. The summed E-state index contributed by atoms with van der Waals surface area (Å²) in [7, 11) is 0. The van der Waals surface area contributed by atoms with Crippen molar-refractivity contribution in [2.75, 3.05) is 11.9 Å². The van der Waals surface area contributed by atoms with Gasteiger partial charge in [-0.1, -0.05) is 15.9 Å². The maximum Gasteiger partial charge on any atom is 0.326 e. The number of halogens is 1. The number of carbonyl (C=O) groups is 2. The number of aliphatic carboxylic acids is 1. The monoisotopic (exact) mass is 342 g/mol. The van der Waals surface area contributed by atoms with Crippen LogP contribution in [0.2, 0.25) is 0 Å². The fourth-order valence-electron chi connectivity index (χ4n) is 2.23. The molecular weight excluding hydrogens is 328 g/mol. The molecule has 2 atom stereocenters. The molecule has 1 saturated heterocycles. The van der Waals surface area contributed by atoms with Gasteiger partial charge < -0.3 is 20.4 Å². The zero-order valence-electron chi connectivity index (χ0n) is 10.8. The van der Waals surface area contributed by atoms with E-state index in [9.17, 15) is 14.7 Å². The summed E-state index contributed by atoms with van der Waals surface area (Å²) in [6, 6.07) is 3.87. The van der Waals surface area contributed by atoms with Crippen LogP contribution in [0, 0.1) is 6.92 Å². The average Bonchev–Trinajstić information content (AvgIpc) is 2.75. The Morgan fingerprint density at radius 1 is 1.45 bits per heavy atom. The Morgan fingerprint density at radius 3 is 2.75 bits per heavy atom. The molecule has 7 heteroatoms. The highest BCUT2D eigenvalue weighted by Gasteiger charge is 2.39. The Labute approximate surface area is 124 Å². The lowest BCUT2D eigenvalue weighted by atomic mass is 10.2. The molecule has 1 aromatic rings. The van der Waals surface area contributed by atoms with Crippen molar-refractivity contribution in [1.82, 2.24) is 4.90 Å². The summed E-state index contributed by atoms with van der Waals surface area (Å²) in [5.74, 6) is -1.11. The van der Waals surface area contributed by atoms with Crippen LogP contribution < -0.4 is 5.32 Å². The van der Waals surface area contributed by atoms with Crippen LogP contribution in [-0.2, 0) is 4.79 Å². The highest BCUT2D eigenvalue weighted by atomic mass is 79.9. The number of urea groups is 1. The van der Waals surface area contributed by atoms with E-state index in [1.165, 1.54) is 0 Å². The van der Waals surface area contributed by atoms with Crippen LogP contribution in [0.1, 0.15) is 12.0 Å². The summed E-state index contributed by atoms with van der Waals surface area (Å²) in [5, 5.41) is 21.3. The molecule has 1 heterocycles. The van der Waals surface area contributed by atoms with E-state index in [1.807, 2.05) is 13.0 Å². The zero-order chi connectivity index (χ0) is 14.9. The molecule has 0 radical (unpaired) electrons. The quantitative estimate of drug-likeness (QED) is 0.764. The first-order valence-electron chi connectivity index (χ1n) is 6.13. The second-order valence-electron chi connectivity index (χ2n) is 4.79. The van der Waals surface area contributed by atoms with Crippen LogP contribution in [0.5, 0.6) is 0 Å². The Hall–Kier alpha value is -1.60. The number of β-amino-alcohol motifs (C(OH)–C–C–N with tert-alkyl or cyclic N) is 1. The predicted octanol–water partition coefficient (Wildman–Crippen LogP) is 1.81. The van der Waals surface area contributed by atoms with Gasteiger partial charge >= 0.3 is 12.0 Å². The maximum atomic E-state index is 12.1. The number of hydrogen-bond donors (Lipinski definition) is 3. The lowest BCUT2D eigenvalue weighted by molar-refractivity contribution is -0.141. The number of nitrogens with zero attached hydrogens (tertiary/aromatic N) is 1. The molecule has 2 amide bonds. The third-order valence-corrected chi connectivity index (χ3v) is 3.75. The van der Waals surface area contributed by atoms with Crippen LogP contribution in [0.25, 0.3) is 0 Å². The van der Waals surface area contributed by atoms with Crippen LogP contribution in [0.4, 0.5) is 10.5 Å². The van der Waals surface area contributed by atoms with Crippen molar-refractivity contribution in [3.63, 3.8) is 0 Å². The van der Waals surface area contributed by atoms with E-state index in [0.717, 1.165) is 14.9 Å². The fraction of sp³-hybridized carbons (Fsp3) is 0.385. The lowest BCUT2D eigenvalue weighted by Gasteiger charge is -2.22. The van der Waals surface area contributed by atoms with Crippen molar-refractivity contribution in [3.05, 3.63) is 28.2 Å². The smallest absolute Gasteiger partial charge is 0.326 e. The molecule has 0 aliphatic carbocycles. The fourth-order valence-corrected chi connectivity index (χ4v) is 2.70. The number of nitrogens with one attached hydrogen (secondary N) is 1. The molecule has 2 rings (SSSR count).